The molecule has 1 N–H and O–H groups in total. The van der Waals surface area contributed by atoms with Crippen molar-refractivity contribution in [2.24, 2.45) is 5.41 Å². The van der Waals surface area contributed by atoms with Gasteiger partial charge < -0.3 is 5.11 Å². The number of hydrogen-bond donors (Lipinski definition) is 1. The number of carbonyl (C=O) groups excluding carboxylic acids is 1. The Balaban J connectivity index is 1.77. The van der Waals surface area contributed by atoms with Crippen molar-refractivity contribution in [1.29, 1.82) is 0 Å². The Morgan fingerprint density at radius 1 is 1.21 bits per heavy atom. The average Bonchev–Trinajstić information content (AvgIpc) is 3.22. The standard InChI is InChI=1S/C21H29NO2/c1-3-21(24,20(2)11-7-8-12-20)16-22-13-18(15-23)19(14-22)17-9-5-4-6-10-17/h4-6,9-10,15,24H,3,7-8,11-14,16H2,1-2H3/t21-/m1/s1. The van der Waals surface area contributed by atoms with Crippen LogP contribution in [0, 0.1) is 5.41 Å². The van der Waals surface area contributed by atoms with E-state index in [1.165, 1.54) is 12.8 Å². The molecule has 1 saturated carbocycles. The number of β-amino-alcohol motifs (C(OH)–C–C–N with tert-alkyl or cyclic N) is 1. The molecule has 0 radical (unpaired) electrons. The molecule has 0 aromatic heterocycles. The van der Waals surface area contributed by atoms with E-state index in [-0.39, 0.29) is 5.41 Å². The molecule has 1 fully saturated rings. The van der Waals surface area contributed by atoms with E-state index < -0.39 is 5.60 Å². The van der Waals surface area contributed by atoms with Gasteiger partial charge in [-0.1, -0.05) is 57.0 Å². The summed E-state index contributed by atoms with van der Waals surface area (Å²) in [5, 5.41) is 11.4. The second-order valence-corrected chi connectivity index (χ2v) is 7.79. The maximum absolute atomic E-state index is 11.5. The topological polar surface area (TPSA) is 40.5 Å². The third kappa shape index (κ3) is 3.07. The summed E-state index contributed by atoms with van der Waals surface area (Å²) in [4.78, 5) is 13.8. The molecule has 130 valence electrons. The van der Waals surface area contributed by atoms with Gasteiger partial charge in [-0.3, -0.25) is 9.69 Å². The Morgan fingerprint density at radius 2 is 1.88 bits per heavy atom. The van der Waals surface area contributed by atoms with E-state index in [0.29, 0.717) is 13.1 Å². The molecule has 3 nitrogen and oxygen atoms in total. The van der Waals surface area contributed by atoms with E-state index in [9.17, 15) is 9.90 Å². The summed E-state index contributed by atoms with van der Waals surface area (Å²) in [6.45, 7) is 6.37. The van der Waals surface area contributed by atoms with Crippen LogP contribution in [-0.2, 0) is 4.79 Å². The summed E-state index contributed by atoms with van der Waals surface area (Å²) in [7, 11) is 0. The average molecular weight is 327 g/mol. The second kappa shape index (κ2) is 6.81. The summed E-state index contributed by atoms with van der Waals surface area (Å²) in [6.07, 6.45) is 6.38. The molecule has 3 rings (SSSR count). The van der Waals surface area contributed by atoms with Crippen molar-refractivity contribution in [2.45, 2.75) is 51.6 Å². The van der Waals surface area contributed by atoms with Crippen LogP contribution in [0.5, 0.6) is 0 Å². The molecular weight excluding hydrogens is 298 g/mol. The highest BCUT2D eigenvalue weighted by molar-refractivity contribution is 5.90. The van der Waals surface area contributed by atoms with Gasteiger partial charge in [0.2, 0.25) is 0 Å². The minimum atomic E-state index is -0.677. The van der Waals surface area contributed by atoms with Crippen LogP contribution in [-0.4, -0.2) is 41.5 Å². The lowest BCUT2D eigenvalue weighted by atomic mass is 9.70. The number of aldehydes is 1. The Labute approximate surface area is 145 Å². The fourth-order valence-corrected chi connectivity index (χ4v) is 4.57. The van der Waals surface area contributed by atoms with Crippen LogP contribution in [0.25, 0.3) is 5.57 Å². The molecule has 0 saturated heterocycles. The van der Waals surface area contributed by atoms with E-state index in [2.05, 4.69) is 30.9 Å². The molecular formula is C21H29NO2. The Kier molecular flexibility index (Phi) is 4.93. The zero-order valence-corrected chi connectivity index (χ0v) is 14.9. The van der Waals surface area contributed by atoms with Crippen LogP contribution < -0.4 is 0 Å². The molecule has 0 spiro atoms. The third-order valence-electron chi connectivity index (χ3n) is 6.33. The van der Waals surface area contributed by atoms with Crippen LogP contribution in [0.15, 0.2) is 35.9 Å². The number of rotatable bonds is 6. The zero-order chi connectivity index (χ0) is 17.2. The maximum atomic E-state index is 11.5. The van der Waals surface area contributed by atoms with Gasteiger partial charge in [0.05, 0.1) is 5.60 Å². The van der Waals surface area contributed by atoms with E-state index in [1.807, 2.05) is 18.2 Å². The van der Waals surface area contributed by atoms with Crippen LogP contribution in [0.1, 0.15) is 51.5 Å². The fourth-order valence-electron chi connectivity index (χ4n) is 4.57. The lowest BCUT2D eigenvalue weighted by Crippen LogP contribution is -2.52. The first-order chi connectivity index (χ1) is 11.5. The van der Waals surface area contributed by atoms with Crippen LogP contribution in [0.2, 0.25) is 0 Å². The van der Waals surface area contributed by atoms with Gasteiger partial charge in [-0.15, -0.1) is 0 Å². The van der Waals surface area contributed by atoms with Crippen molar-refractivity contribution in [3.63, 3.8) is 0 Å². The minimum Gasteiger partial charge on any atom is -0.388 e. The summed E-state index contributed by atoms with van der Waals surface area (Å²) in [5.74, 6) is 0. The first-order valence-electron chi connectivity index (χ1n) is 9.19. The van der Waals surface area contributed by atoms with Crippen LogP contribution >= 0.6 is 0 Å². The summed E-state index contributed by atoms with van der Waals surface area (Å²) in [6, 6.07) is 10.1. The molecule has 24 heavy (non-hydrogen) atoms. The highest BCUT2D eigenvalue weighted by Crippen LogP contribution is 2.48. The largest absolute Gasteiger partial charge is 0.388 e. The molecule has 0 amide bonds. The quantitative estimate of drug-likeness (QED) is 0.810. The molecule has 3 heteroatoms. The van der Waals surface area contributed by atoms with E-state index in [4.69, 9.17) is 0 Å². The van der Waals surface area contributed by atoms with Crippen molar-refractivity contribution in [1.82, 2.24) is 4.90 Å². The SMILES string of the molecule is CC[C@@](O)(CN1CC(C=O)=C(c2ccccc2)C1)C1(C)CCCC1. The first kappa shape index (κ1) is 17.4. The van der Waals surface area contributed by atoms with Gasteiger partial charge >= 0.3 is 0 Å². The van der Waals surface area contributed by atoms with E-state index in [1.54, 1.807) is 0 Å². The number of hydrogen-bond acceptors (Lipinski definition) is 3. The molecule has 0 unspecified atom stereocenters. The molecule has 1 aromatic carbocycles. The Hall–Kier alpha value is -1.45. The van der Waals surface area contributed by atoms with Crippen molar-refractivity contribution < 1.29 is 9.90 Å². The highest BCUT2D eigenvalue weighted by atomic mass is 16.3. The van der Waals surface area contributed by atoms with Gasteiger partial charge in [-0.25, -0.2) is 0 Å². The lowest BCUT2D eigenvalue weighted by molar-refractivity contribution is -0.105. The second-order valence-electron chi connectivity index (χ2n) is 7.79. The zero-order valence-electron chi connectivity index (χ0n) is 14.9. The highest BCUT2D eigenvalue weighted by Gasteiger charge is 2.48. The van der Waals surface area contributed by atoms with E-state index >= 15 is 0 Å². The van der Waals surface area contributed by atoms with Gasteiger partial charge in [0.1, 0.15) is 6.29 Å². The summed E-state index contributed by atoms with van der Waals surface area (Å²) >= 11 is 0. The van der Waals surface area contributed by atoms with Crippen molar-refractivity contribution in [3.8, 4) is 0 Å². The summed E-state index contributed by atoms with van der Waals surface area (Å²) < 4.78 is 0. The van der Waals surface area contributed by atoms with Crippen LogP contribution in [0.4, 0.5) is 0 Å². The predicted molar refractivity (Wildman–Crippen MR) is 97.7 cm³/mol. The van der Waals surface area contributed by atoms with Gasteiger partial charge in [0, 0.05) is 25.2 Å². The van der Waals surface area contributed by atoms with Crippen molar-refractivity contribution in [2.75, 3.05) is 19.6 Å². The third-order valence-corrected chi connectivity index (χ3v) is 6.33. The Bertz CT molecular complexity index is 616. The minimum absolute atomic E-state index is 0.00140. The molecule has 1 aliphatic heterocycles. The molecule has 1 heterocycles. The fraction of sp³-hybridized carbons (Fsp3) is 0.571. The van der Waals surface area contributed by atoms with E-state index in [0.717, 1.165) is 48.8 Å². The number of carbonyl (C=O) groups is 1. The monoisotopic (exact) mass is 327 g/mol. The number of nitrogens with zero attached hydrogens (tertiary/aromatic N) is 1. The maximum Gasteiger partial charge on any atom is 0.147 e. The van der Waals surface area contributed by atoms with Crippen LogP contribution in [0.3, 0.4) is 0 Å². The van der Waals surface area contributed by atoms with Gasteiger partial charge in [-0.2, -0.15) is 0 Å². The van der Waals surface area contributed by atoms with Gasteiger partial charge in [-0.05, 0) is 35.8 Å². The van der Waals surface area contributed by atoms with Crippen molar-refractivity contribution in [3.05, 3.63) is 41.5 Å². The molecule has 1 aliphatic carbocycles. The molecule has 1 atom stereocenters. The lowest BCUT2D eigenvalue weighted by Gasteiger charge is -2.44. The molecule has 0 bridgehead atoms. The van der Waals surface area contributed by atoms with Gasteiger partial charge in [0.25, 0.3) is 0 Å². The first-order valence-corrected chi connectivity index (χ1v) is 9.19. The smallest absolute Gasteiger partial charge is 0.147 e. The number of benzene rings is 1. The van der Waals surface area contributed by atoms with Gasteiger partial charge in [0.15, 0.2) is 0 Å². The normalized spacial score (nSPS) is 23.5. The Morgan fingerprint density at radius 3 is 2.46 bits per heavy atom. The number of aliphatic hydroxyl groups is 1. The van der Waals surface area contributed by atoms with Crippen molar-refractivity contribution >= 4 is 11.9 Å². The summed E-state index contributed by atoms with van der Waals surface area (Å²) in [5.41, 5.74) is 2.41. The predicted octanol–water partition coefficient (Wildman–Crippen LogP) is 3.68. The molecule has 1 aromatic rings. The molecule has 2 aliphatic rings.